The van der Waals surface area contributed by atoms with Crippen LogP contribution in [0.2, 0.25) is 0 Å². The van der Waals surface area contributed by atoms with Crippen LogP contribution >= 0.6 is 0 Å². The molecule has 6 heteroatoms. The van der Waals surface area contributed by atoms with Gasteiger partial charge in [0.05, 0.1) is 17.6 Å². The molecule has 0 radical (unpaired) electrons. The lowest BCUT2D eigenvalue weighted by molar-refractivity contribution is 0.597. The van der Waals surface area contributed by atoms with E-state index >= 15 is 0 Å². The number of pyridine rings is 1. The number of unbranched alkanes of at least 4 members (excludes halogenated alkanes) is 1. The van der Waals surface area contributed by atoms with Crippen molar-refractivity contribution < 1.29 is 8.42 Å². The molecule has 0 bridgehead atoms. The third-order valence-electron chi connectivity index (χ3n) is 2.17. The number of hydrogen-bond donors (Lipinski definition) is 2. The van der Waals surface area contributed by atoms with Crippen molar-refractivity contribution >= 4 is 15.7 Å². The summed E-state index contributed by atoms with van der Waals surface area (Å²) in [5, 5.41) is 0. The van der Waals surface area contributed by atoms with Gasteiger partial charge in [-0.3, -0.25) is 9.71 Å². The van der Waals surface area contributed by atoms with Gasteiger partial charge < -0.3 is 5.73 Å². The summed E-state index contributed by atoms with van der Waals surface area (Å²) in [4.78, 5) is 3.88. The number of nitrogens with zero attached hydrogens (tertiary/aromatic N) is 1. The molecule has 0 aliphatic heterocycles. The second-order valence-electron chi connectivity index (χ2n) is 3.61. The fourth-order valence-corrected chi connectivity index (χ4v) is 2.46. The third kappa shape index (κ3) is 4.16. The molecule has 0 saturated carbocycles. The molecule has 0 fully saturated rings. The number of anilines is 1. The Labute approximate surface area is 96.1 Å². The average Bonchev–Trinajstić information content (AvgIpc) is 2.21. The number of nitrogens with one attached hydrogen (secondary N) is 1. The Hall–Kier alpha value is -1.14. The molecule has 0 aromatic carbocycles. The zero-order valence-electron chi connectivity index (χ0n) is 9.31. The predicted octanol–water partition coefficient (Wildman–Crippen LogP) is 0.871. The van der Waals surface area contributed by atoms with Crippen molar-refractivity contribution in [3.05, 3.63) is 24.0 Å². The van der Waals surface area contributed by atoms with Gasteiger partial charge >= 0.3 is 0 Å². The van der Waals surface area contributed by atoms with Crippen LogP contribution in [0.25, 0.3) is 0 Å². The Kier molecular flexibility index (Phi) is 4.70. The maximum absolute atomic E-state index is 11.6. The highest BCUT2D eigenvalue weighted by Gasteiger charge is 2.10. The van der Waals surface area contributed by atoms with E-state index in [9.17, 15) is 8.42 Å². The summed E-state index contributed by atoms with van der Waals surface area (Å²) < 4.78 is 25.8. The first-order valence-corrected chi connectivity index (χ1v) is 6.81. The molecule has 1 rings (SSSR count). The molecule has 1 aromatic rings. The fraction of sp³-hybridized carbons (Fsp3) is 0.500. The van der Waals surface area contributed by atoms with E-state index in [1.54, 1.807) is 12.3 Å². The topological polar surface area (TPSA) is 85.1 Å². The van der Waals surface area contributed by atoms with Gasteiger partial charge in [0.2, 0.25) is 10.0 Å². The van der Waals surface area contributed by atoms with E-state index in [-0.39, 0.29) is 5.75 Å². The Morgan fingerprint density at radius 1 is 1.44 bits per heavy atom. The first-order chi connectivity index (χ1) is 7.55. The minimum atomic E-state index is -3.27. The molecule has 90 valence electrons. The second-order valence-corrected chi connectivity index (χ2v) is 5.45. The van der Waals surface area contributed by atoms with Crippen LogP contribution < -0.4 is 10.5 Å². The van der Waals surface area contributed by atoms with Gasteiger partial charge in [0, 0.05) is 6.20 Å². The summed E-state index contributed by atoms with van der Waals surface area (Å²) in [5.41, 5.74) is 6.71. The normalized spacial score (nSPS) is 11.4. The summed E-state index contributed by atoms with van der Waals surface area (Å²) in [6.45, 7) is 2.35. The minimum absolute atomic E-state index is 0.0958. The summed E-state index contributed by atoms with van der Waals surface area (Å²) in [6, 6.07) is 1.76. The monoisotopic (exact) mass is 243 g/mol. The van der Waals surface area contributed by atoms with E-state index in [0.717, 1.165) is 5.56 Å². The van der Waals surface area contributed by atoms with Crippen molar-refractivity contribution in [3.63, 3.8) is 0 Å². The van der Waals surface area contributed by atoms with E-state index in [1.165, 1.54) is 6.20 Å². The second kappa shape index (κ2) is 5.81. The van der Waals surface area contributed by atoms with Gasteiger partial charge in [-0.25, -0.2) is 8.42 Å². The predicted molar refractivity (Wildman–Crippen MR) is 64.7 cm³/mol. The largest absolute Gasteiger partial charge is 0.330 e. The van der Waals surface area contributed by atoms with Crippen LogP contribution in [-0.2, 0) is 10.0 Å². The molecule has 0 atom stereocenters. The lowest BCUT2D eigenvalue weighted by Gasteiger charge is -2.09. The third-order valence-corrected chi connectivity index (χ3v) is 3.53. The van der Waals surface area contributed by atoms with E-state index in [2.05, 4.69) is 9.71 Å². The van der Waals surface area contributed by atoms with Crippen molar-refractivity contribution in [3.8, 4) is 0 Å². The zero-order valence-corrected chi connectivity index (χ0v) is 10.1. The van der Waals surface area contributed by atoms with Crippen LogP contribution in [0.5, 0.6) is 0 Å². The fourth-order valence-electron chi connectivity index (χ4n) is 1.23. The minimum Gasteiger partial charge on any atom is -0.330 e. The van der Waals surface area contributed by atoms with Crippen LogP contribution in [0.15, 0.2) is 18.5 Å². The van der Waals surface area contributed by atoms with Crippen molar-refractivity contribution in [1.82, 2.24) is 4.98 Å². The van der Waals surface area contributed by atoms with Gasteiger partial charge in [-0.2, -0.15) is 0 Å². The molecule has 0 spiro atoms. The lowest BCUT2D eigenvalue weighted by atomic mass is 10.3. The van der Waals surface area contributed by atoms with Crippen LogP contribution in [0.1, 0.15) is 18.4 Å². The molecule has 3 N–H and O–H groups in total. The molecule has 16 heavy (non-hydrogen) atoms. The molecule has 0 amide bonds. The SMILES string of the molecule is Cc1ccncc1NS(=O)(=O)CCCCN. The highest BCUT2D eigenvalue weighted by molar-refractivity contribution is 7.92. The molecule has 0 aliphatic rings. The average molecular weight is 243 g/mol. The van der Waals surface area contributed by atoms with Crippen molar-refractivity contribution in [2.45, 2.75) is 19.8 Å². The van der Waals surface area contributed by atoms with Gasteiger partial charge in [0.15, 0.2) is 0 Å². The maximum Gasteiger partial charge on any atom is 0.232 e. The van der Waals surface area contributed by atoms with E-state index in [4.69, 9.17) is 5.73 Å². The standard InChI is InChI=1S/C10H17N3O2S/c1-9-4-6-12-8-10(9)13-16(14,15)7-3-2-5-11/h4,6,8,13H,2-3,5,7,11H2,1H3. The summed E-state index contributed by atoms with van der Waals surface area (Å²) in [7, 11) is -3.27. The Balaban J connectivity index is 2.63. The van der Waals surface area contributed by atoms with Gasteiger partial charge in [-0.15, -0.1) is 0 Å². The highest BCUT2D eigenvalue weighted by atomic mass is 32.2. The number of sulfonamides is 1. The molecule has 0 saturated heterocycles. The van der Waals surface area contributed by atoms with E-state index < -0.39 is 10.0 Å². The number of aryl methyl sites for hydroxylation is 1. The van der Waals surface area contributed by atoms with Crippen molar-refractivity contribution in [2.24, 2.45) is 5.73 Å². The van der Waals surface area contributed by atoms with Gasteiger partial charge in [0.1, 0.15) is 0 Å². The number of aromatic nitrogens is 1. The first kappa shape index (κ1) is 12.9. The van der Waals surface area contributed by atoms with Crippen molar-refractivity contribution in [1.29, 1.82) is 0 Å². The van der Waals surface area contributed by atoms with Crippen molar-refractivity contribution in [2.75, 3.05) is 17.0 Å². The van der Waals surface area contributed by atoms with Crippen LogP contribution in [0.3, 0.4) is 0 Å². The molecule has 1 heterocycles. The van der Waals surface area contributed by atoms with Gasteiger partial charge in [-0.05, 0) is 37.9 Å². The lowest BCUT2D eigenvalue weighted by Crippen LogP contribution is -2.18. The number of nitrogens with two attached hydrogens (primary N) is 1. The first-order valence-electron chi connectivity index (χ1n) is 5.16. The molecule has 0 unspecified atom stereocenters. The van der Waals surface area contributed by atoms with Crippen LogP contribution in [0.4, 0.5) is 5.69 Å². The summed E-state index contributed by atoms with van der Waals surface area (Å²) in [6.07, 6.45) is 4.43. The van der Waals surface area contributed by atoms with E-state index in [1.807, 2.05) is 6.92 Å². The summed E-state index contributed by atoms with van der Waals surface area (Å²) in [5.74, 6) is 0.0958. The molecular weight excluding hydrogens is 226 g/mol. The van der Waals surface area contributed by atoms with Gasteiger partial charge in [-0.1, -0.05) is 0 Å². The number of hydrogen-bond acceptors (Lipinski definition) is 4. The smallest absolute Gasteiger partial charge is 0.232 e. The molecule has 0 aliphatic carbocycles. The van der Waals surface area contributed by atoms with Gasteiger partial charge in [0.25, 0.3) is 0 Å². The van der Waals surface area contributed by atoms with E-state index in [0.29, 0.717) is 25.1 Å². The summed E-state index contributed by atoms with van der Waals surface area (Å²) >= 11 is 0. The molecule has 5 nitrogen and oxygen atoms in total. The Bertz CT molecular complexity index is 431. The molecule has 1 aromatic heterocycles. The quantitative estimate of drug-likeness (QED) is 0.726. The Morgan fingerprint density at radius 2 is 2.19 bits per heavy atom. The molecular formula is C10H17N3O2S. The number of rotatable bonds is 6. The van der Waals surface area contributed by atoms with Crippen LogP contribution in [0, 0.1) is 6.92 Å². The maximum atomic E-state index is 11.6. The highest BCUT2D eigenvalue weighted by Crippen LogP contribution is 2.13. The zero-order chi connectivity index (χ0) is 12.0. The van der Waals surface area contributed by atoms with Crippen LogP contribution in [-0.4, -0.2) is 25.7 Å². The Morgan fingerprint density at radius 3 is 2.81 bits per heavy atom.